The molecular formula is C19H21N5O5. The molecule has 152 valence electrons. The highest BCUT2D eigenvalue weighted by atomic mass is 16.6. The Morgan fingerprint density at radius 3 is 2.62 bits per heavy atom. The van der Waals surface area contributed by atoms with Crippen LogP contribution in [0.3, 0.4) is 0 Å². The van der Waals surface area contributed by atoms with Crippen molar-refractivity contribution in [2.45, 2.75) is 44.7 Å². The summed E-state index contributed by atoms with van der Waals surface area (Å²) in [5, 5.41) is 3.83. The molecule has 1 saturated heterocycles. The number of hydrogen-bond donors (Lipinski definition) is 1. The van der Waals surface area contributed by atoms with Crippen LogP contribution in [0.2, 0.25) is 0 Å². The molecule has 0 unspecified atom stereocenters. The molecular weight excluding hydrogens is 378 g/mol. The van der Waals surface area contributed by atoms with Crippen molar-refractivity contribution in [1.29, 1.82) is 0 Å². The van der Waals surface area contributed by atoms with Crippen molar-refractivity contribution < 1.29 is 14.3 Å². The van der Waals surface area contributed by atoms with Crippen molar-refractivity contribution in [1.82, 2.24) is 9.55 Å². The van der Waals surface area contributed by atoms with Crippen LogP contribution in [0.4, 0.5) is 0 Å². The minimum atomic E-state index is -1.52. The molecule has 0 amide bonds. The highest BCUT2D eigenvalue weighted by Crippen LogP contribution is 2.49. The van der Waals surface area contributed by atoms with E-state index in [1.807, 2.05) is 0 Å². The summed E-state index contributed by atoms with van der Waals surface area (Å²) in [6.07, 6.45) is 0.564. The molecule has 29 heavy (non-hydrogen) atoms. The molecule has 3 rings (SSSR count). The number of carbonyl (C=O) groups is 1. The Balaban J connectivity index is 2.12. The van der Waals surface area contributed by atoms with Gasteiger partial charge in [0.2, 0.25) is 0 Å². The van der Waals surface area contributed by atoms with Crippen molar-refractivity contribution in [2.24, 2.45) is 11.0 Å². The molecule has 1 fully saturated rings. The molecule has 1 aliphatic rings. The van der Waals surface area contributed by atoms with E-state index in [9.17, 15) is 14.4 Å². The summed E-state index contributed by atoms with van der Waals surface area (Å²) < 4.78 is 13.0. The molecule has 0 radical (unpaired) electrons. The Morgan fingerprint density at radius 2 is 2.03 bits per heavy atom. The molecule has 2 aromatic rings. The first-order valence-electron chi connectivity index (χ1n) is 9.12. The first-order chi connectivity index (χ1) is 13.8. The third-order valence-electron chi connectivity index (χ3n) is 5.34. The van der Waals surface area contributed by atoms with Gasteiger partial charge in [-0.05, 0) is 31.0 Å². The van der Waals surface area contributed by atoms with Crippen LogP contribution in [-0.4, -0.2) is 27.3 Å². The van der Waals surface area contributed by atoms with E-state index < -0.39 is 40.7 Å². The normalized spacial score (nSPS) is 28.5. The fraction of sp³-hybridized carbons (Fsp3) is 0.421. The summed E-state index contributed by atoms with van der Waals surface area (Å²) in [7, 11) is 0. The van der Waals surface area contributed by atoms with Gasteiger partial charge in [0.15, 0.2) is 17.6 Å². The van der Waals surface area contributed by atoms with Crippen LogP contribution >= 0.6 is 0 Å². The number of carbonyl (C=O) groups excluding carboxylic acids is 1. The maximum absolute atomic E-state index is 12.7. The van der Waals surface area contributed by atoms with Gasteiger partial charge >= 0.3 is 11.7 Å². The van der Waals surface area contributed by atoms with E-state index in [0.29, 0.717) is 5.56 Å². The lowest BCUT2D eigenvalue weighted by atomic mass is 9.90. The molecule has 10 heteroatoms. The summed E-state index contributed by atoms with van der Waals surface area (Å²) in [6, 6.07) is 9.54. The van der Waals surface area contributed by atoms with E-state index in [-0.39, 0.29) is 6.42 Å². The Bertz CT molecular complexity index is 1070. The second-order valence-corrected chi connectivity index (χ2v) is 7.01. The first kappa shape index (κ1) is 20.4. The number of nitrogens with one attached hydrogen (secondary N) is 1. The van der Waals surface area contributed by atoms with Gasteiger partial charge in [-0.2, -0.15) is 0 Å². The second-order valence-electron chi connectivity index (χ2n) is 7.01. The Hall–Kier alpha value is -3.36. The van der Waals surface area contributed by atoms with Crippen LogP contribution in [0, 0.1) is 5.92 Å². The Labute approximate surface area is 165 Å². The third-order valence-corrected chi connectivity index (χ3v) is 5.34. The van der Waals surface area contributed by atoms with Crippen LogP contribution in [-0.2, 0) is 15.2 Å². The maximum atomic E-state index is 12.7. The molecule has 2 heterocycles. The summed E-state index contributed by atoms with van der Waals surface area (Å²) in [5.74, 6) is -1.19. The molecule has 10 nitrogen and oxygen atoms in total. The van der Waals surface area contributed by atoms with Gasteiger partial charge in [0.05, 0.1) is 5.56 Å². The minimum absolute atomic E-state index is 0.283. The summed E-state index contributed by atoms with van der Waals surface area (Å²) >= 11 is 0. The van der Waals surface area contributed by atoms with Crippen molar-refractivity contribution in [2.75, 3.05) is 0 Å². The van der Waals surface area contributed by atoms with Gasteiger partial charge in [0.25, 0.3) is 5.56 Å². The molecule has 1 aliphatic heterocycles. The zero-order chi connectivity index (χ0) is 21.2. The average Bonchev–Trinajstić information content (AvgIpc) is 2.91. The molecule has 0 aliphatic carbocycles. The number of esters is 1. The highest BCUT2D eigenvalue weighted by molar-refractivity contribution is 5.89. The number of benzene rings is 1. The van der Waals surface area contributed by atoms with Crippen molar-refractivity contribution >= 4 is 5.97 Å². The van der Waals surface area contributed by atoms with Gasteiger partial charge in [0.1, 0.15) is 0 Å². The molecule has 1 aromatic heterocycles. The van der Waals surface area contributed by atoms with E-state index in [4.69, 9.17) is 15.0 Å². The largest absolute Gasteiger partial charge is 0.453 e. The van der Waals surface area contributed by atoms with Crippen molar-refractivity contribution in [3.05, 3.63) is 79.4 Å². The van der Waals surface area contributed by atoms with Crippen LogP contribution in [0.25, 0.3) is 10.4 Å². The highest BCUT2D eigenvalue weighted by Gasteiger charge is 2.61. The summed E-state index contributed by atoms with van der Waals surface area (Å²) in [5.41, 5.74) is 5.23. The number of hydrogen-bond acceptors (Lipinski definition) is 6. The Morgan fingerprint density at radius 1 is 1.34 bits per heavy atom. The zero-order valence-corrected chi connectivity index (χ0v) is 16.2. The fourth-order valence-corrected chi connectivity index (χ4v) is 3.78. The van der Waals surface area contributed by atoms with Crippen LogP contribution in [0.15, 0.2) is 57.3 Å². The first-order valence-corrected chi connectivity index (χ1v) is 9.12. The monoisotopic (exact) mass is 399 g/mol. The predicted octanol–water partition coefficient (Wildman–Crippen LogP) is 2.52. The van der Waals surface area contributed by atoms with Crippen LogP contribution in [0.1, 0.15) is 37.6 Å². The van der Waals surface area contributed by atoms with Gasteiger partial charge in [0, 0.05) is 23.1 Å². The number of rotatable bonds is 5. The lowest BCUT2D eigenvalue weighted by molar-refractivity contribution is -0.166. The third kappa shape index (κ3) is 3.43. The number of aromatic nitrogens is 2. The molecule has 1 N–H and O–H groups in total. The van der Waals surface area contributed by atoms with E-state index in [2.05, 4.69) is 15.0 Å². The lowest BCUT2D eigenvalue weighted by Crippen LogP contribution is -2.50. The number of H-pyrrole nitrogens is 1. The number of ether oxygens (including phenoxy) is 2. The zero-order valence-electron chi connectivity index (χ0n) is 16.2. The van der Waals surface area contributed by atoms with Crippen LogP contribution < -0.4 is 11.2 Å². The smallest absolute Gasteiger partial charge is 0.338 e. The molecule has 1 aromatic carbocycles. The predicted molar refractivity (Wildman–Crippen MR) is 103 cm³/mol. The summed E-state index contributed by atoms with van der Waals surface area (Å²) in [4.78, 5) is 41.8. The Kier molecular flexibility index (Phi) is 5.32. The van der Waals surface area contributed by atoms with E-state index >= 15 is 0 Å². The molecule has 0 spiro atoms. The van der Waals surface area contributed by atoms with Crippen LogP contribution in [0.5, 0.6) is 0 Å². The number of aromatic amines is 1. The van der Waals surface area contributed by atoms with E-state index in [1.165, 1.54) is 6.20 Å². The van der Waals surface area contributed by atoms with Gasteiger partial charge in [-0.15, -0.1) is 0 Å². The maximum Gasteiger partial charge on any atom is 0.338 e. The van der Waals surface area contributed by atoms with Crippen molar-refractivity contribution in [3.8, 4) is 0 Å². The molecule has 4 atom stereocenters. The molecule has 0 bridgehead atoms. The second kappa shape index (κ2) is 7.57. The van der Waals surface area contributed by atoms with Gasteiger partial charge < -0.3 is 9.47 Å². The molecule has 0 saturated carbocycles. The van der Waals surface area contributed by atoms with Crippen molar-refractivity contribution in [3.63, 3.8) is 0 Å². The summed E-state index contributed by atoms with van der Waals surface area (Å²) in [6.45, 7) is 5.04. The fourth-order valence-electron chi connectivity index (χ4n) is 3.78. The topological polar surface area (TPSA) is 139 Å². The quantitative estimate of drug-likeness (QED) is 0.356. The van der Waals surface area contributed by atoms with Gasteiger partial charge in [-0.3, -0.25) is 14.3 Å². The SMILES string of the molecule is CC[C@@]1(N=[N+]=[N-])O[C@@](C)(n2ccc(=O)[nH]c2=O)[C@H](OC(=O)c2ccccc2)[C@@H]1C. The standard InChI is InChI=1S/C19H21N5O5/c1-4-19(22-23-20)12(2)15(28-16(26)13-8-6-5-7-9-13)18(3,29-19)24-11-10-14(25)21-17(24)27/h5-12,15H,4H2,1-3H3,(H,21,25,27)/t12-,15+,18+,19+/m0/s1. The lowest BCUT2D eigenvalue weighted by Gasteiger charge is -2.33. The van der Waals surface area contributed by atoms with Gasteiger partial charge in [-0.1, -0.05) is 37.2 Å². The number of nitrogens with zero attached hydrogens (tertiary/aromatic N) is 4. The minimum Gasteiger partial charge on any atom is -0.453 e. The van der Waals surface area contributed by atoms with E-state index in [0.717, 1.165) is 10.6 Å². The van der Waals surface area contributed by atoms with Gasteiger partial charge in [-0.25, -0.2) is 9.59 Å². The number of azide groups is 1. The van der Waals surface area contributed by atoms with E-state index in [1.54, 1.807) is 51.1 Å². The average molecular weight is 399 g/mol.